The van der Waals surface area contributed by atoms with Gasteiger partial charge in [-0.05, 0) is 55.5 Å². The fourth-order valence-electron chi connectivity index (χ4n) is 6.68. The van der Waals surface area contributed by atoms with Crippen LogP contribution in [0, 0.1) is 23.7 Å². The van der Waals surface area contributed by atoms with Crippen LogP contribution < -0.4 is 4.74 Å². The maximum atomic E-state index is 13.5. The van der Waals surface area contributed by atoms with Gasteiger partial charge in [-0.2, -0.15) is 0 Å². The van der Waals surface area contributed by atoms with Crippen LogP contribution in [0.4, 0.5) is 0 Å². The highest BCUT2D eigenvalue weighted by atomic mass is 16.5. The van der Waals surface area contributed by atoms with Gasteiger partial charge in [-0.1, -0.05) is 11.6 Å². The molecule has 4 atom stereocenters. The molecular formula is C29H25NO8. The monoisotopic (exact) mass is 515 g/mol. The maximum Gasteiger partial charge on any atom is 0.305 e. The number of rotatable bonds is 4. The number of carbonyl (C=O) groups is 5. The third kappa shape index (κ3) is 3.56. The van der Waals surface area contributed by atoms with E-state index >= 15 is 0 Å². The number of amides is 2. The maximum absolute atomic E-state index is 13.5. The van der Waals surface area contributed by atoms with Crippen LogP contribution in [0.3, 0.4) is 0 Å². The van der Waals surface area contributed by atoms with Crippen molar-refractivity contribution in [2.75, 3.05) is 6.54 Å². The summed E-state index contributed by atoms with van der Waals surface area (Å²) in [6.07, 6.45) is 5.31. The number of carboxylic acid groups (broad SMARTS) is 1. The number of carbonyl (C=O) groups excluding carboxylic acids is 4. The molecule has 2 heterocycles. The standard InChI is InChI=1S/C29H25NO8/c1-13-8-21(32)26-20(27(13)35)11-19-17(24(26)15-9-14-10-16(31)2-5-22(14)38-12-15)3-4-18-25(19)29(37)30(28(18)36)7-6-23(33)34/h2-3,5,8,10,12,18-19,24-25,31H,4,6-7,9,11H2,1H3,(H,33,34). The molecule has 2 aliphatic heterocycles. The molecule has 5 aliphatic rings. The summed E-state index contributed by atoms with van der Waals surface area (Å²) < 4.78 is 5.86. The van der Waals surface area contributed by atoms with Crippen LogP contribution in [0.25, 0.3) is 0 Å². The van der Waals surface area contributed by atoms with Gasteiger partial charge < -0.3 is 14.9 Å². The number of aromatic hydroxyl groups is 1. The van der Waals surface area contributed by atoms with Crippen molar-refractivity contribution in [1.82, 2.24) is 4.90 Å². The molecule has 0 aromatic heterocycles. The zero-order valence-corrected chi connectivity index (χ0v) is 20.6. The molecule has 2 amide bonds. The Bertz CT molecular complexity index is 1470. The van der Waals surface area contributed by atoms with E-state index in [2.05, 4.69) is 0 Å². The molecule has 1 aromatic carbocycles. The molecule has 0 bridgehead atoms. The normalized spacial score (nSPS) is 28.0. The van der Waals surface area contributed by atoms with E-state index in [0.717, 1.165) is 21.6 Å². The number of fused-ring (bicyclic) bond motifs is 4. The molecule has 1 aromatic rings. The lowest BCUT2D eigenvalue weighted by Gasteiger charge is -2.43. The first kappa shape index (κ1) is 24.1. The van der Waals surface area contributed by atoms with E-state index in [4.69, 9.17) is 9.84 Å². The van der Waals surface area contributed by atoms with Gasteiger partial charge in [0, 0.05) is 41.2 Å². The molecule has 2 N–H and O–H groups in total. The molecule has 9 nitrogen and oxygen atoms in total. The van der Waals surface area contributed by atoms with Gasteiger partial charge in [-0.3, -0.25) is 28.9 Å². The number of likely N-dealkylation sites (tertiary alicyclic amines) is 1. The second-order valence-electron chi connectivity index (χ2n) is 10.5. The first-order valence-electron chi connectivity index (χ1n) is 12.6. The minimum Gasteiger partial charge on any atom is -0.508 e. The molecule has 9 heteroatoms. The fourth-order valence-corrected chi connectivity index (χ4v) is 6.68. The number of Topliss-reactive ketones (excluding diaryl/α,β-unsaturated/α-hetero) is 1. The second kappa shape index (κ2) is 8.65. The van der Waals surface area contributed by atoms with Crippen LogP contribution in [0.1, 0.15) is 31.7 Å². The molecule has 0 radical (unpaired) electrons. The molecule has 1 fully saturated rings. The Labute approximate surface area is 217 Å². The quantitative estimate of drug-likeness (QED) is 0.355. The Morgan fingerprint density at radius 2 is 1.92 bits per heavy atom. The Morgan fingerprint density at radius 1 is 1.13 bits per heavy atom. The van der Waals surface area contributed by atoms with Gasteiger partial charge in [0.2, 0.25) is 11.8 Å². The first-order valence-corrected chi connectivity index (χ1v) is 12.6. The summed E-state index contributed by atoms with van der Waals surface area (Å²) in [5.41, 5.74) is 3.31. The zero-order chi connectivity index (χ0) is 26.9. The topological polar surface area (TPSA) is 138 Å². The average Bonchev–Trinajstić information content (AvgIpc) is 3.13. The van der Waals surface area contributed by atoms with Crippen molar-refractivity contribution in [3.05, 3.63) is 70.0 Å². The molecule has 194 valence electrons. The Balaban J connectivity index is 1.44. The molecule has 0 spiro atoms. The number of ether oxygens (including phenoxy) is 1. The number of nitrogens with zero attached hydrogens (tertiary/aromatic N) is 1. The number of imide groups is 1. The zero-order valence-electron chi connectivity index (χ0n) is 20.6. The van der Waals surface area contributed by atoms with Crippen molar-refractivity contribution < 1.29 is 38.9 Å². The van der Waals surface area contributed by atoms with E-state index in [9.17, 15) is 29.1 Å². The lowest BCUT2D eigenvalue weighted by Crippen LogP contribution is -2.41. The summed E-state index contributed by atoms with van der Waals surface area (Å²) >= 11 is 0. The predicted octanol–water partition coefficient (Wildman–Crippen LogP) is 2.65. The second-order valence-corrected chi connectivity index (χ2v) is 10.5. The first-order chi connectivity index (χ1) is 18.2. The number of carboxylic acids is 1. The van der Waals surface area contributed by atoms with Crippen molar-refractivity contribution in [2.24, 2.45) is 23.7 Å². The molecule has 0 saturated carbocycles. The van der Waals surface area contributed by atoms with Crippen molar-refractivity contribution in [1.29, 1.82) is 0 Å². The van der Waals surface area contributed by atoms with Gasteiger partial charge in [-0.25, -0.2) is 0 Å². The fraction of sp³-hybridized carbons (Fsp3) is 0.345. The smallest absolute Gasteiger partial charge is 0.305 e. The summed E-state index contributed by atoms with van der Waals surface area (Å²) in [6, 6.07) is 4.78. The van der Waals surface area contributed by atoms with Gasteiger partial charge in [0.25, 0.3) is 0 Å². The third-order valence-corrected chi connectivity index (χ3v) is 8.35. The summed E-state index contributed by atoms with van der Waals surface area (Å²) in [5, 5.41) is 19.1. The number of hydrogen-bond acceptors (Lipinski definition) is 7. The van der Waals surface area contributed by atoms with E-state index in [1.807, 2.05) is 6.08 Å². The number of aliphatic carboxylic acids is 1. The van der Waals surface area contributed by atoms with Crippen LogP contribution in [0.2, 0.25) is 0 Å². The number of ketones is 2. The molecule has 1 saturated heterocycles. The average molecular weight is 516 g/mol. The van der Waals surface area contributed by atoms with Crippen molar-refractivity contribution in [3.8, 4) is 11.5 Å². The predicted molar refractivity (Wildman–Crippen MR) is 132 cm³/mol. The number of phenols is 1. The van der Waals surface area contributed by atoms with E-state index in [1.165, 1.54) is 12.1 Å². The van der Waals surface area contributed by atoms with Crippen LogP contribution in [-0.4, -0.2) is 51.0 Å². The van der Waals surface area contributed by atoms with Gasteiger partial charge in [0.1, 0.15) is 11.5 Å². The van der Waals surface area contributed by atoms with Crippen molar-refractivity contribution >= 4 is 29.4 Å². The molecule has 4 unspecified atom stereocenters. The van der Waals surface area contributed by atoms with E-state index in [1.54, 1.807) is 25.3 Å². The lowest BCUT2D eigenvalue weighted by molar-refractivity contribution is -0.142. The summed E-state index contributed by atoms with van der Waals surface area (Å²) in [7, 11) is 0. The van der Waals surface area contributed by atoms with Gasteiger partial charge >= 0.3 is 5.97 Å². The molecule has 6 rings (SSSR count). The third-order valence-electron chi connectivity index (χ3n) is 8.35. The van der Waals surface area contributed by atoms with Crippen LogP contribution in [0.5, 0.6) is 11.5 Å². The van der Waals surface area contributed by atoms with E-state index < -0.39 is 35.5 Å². The van der Waals surface area contributed by atoms with Gasteiger partial charge in [-0.15, -0.1) is 0 Å². The van der Waals surface area contributed by atoms with Crippen LogP contribution in [0.15, 0.2) is 64.5 Å². The number of allylic oxidation sites excluding steroid dienone is 7. The highest BCUT2D eigenvalue weighted by molar-refractivity contribution is 6.23. The van der Waals surface area contributed by atoms with Crippen LogP contribution >= 0.6 is 0 Å². The molecule has 38 heavy (non-hydrogen) atoms. The van der Waals surface area contributed by atoms with Gasteiger partial charge in [0.05, 0.1) is 24.5 Å². The Kier molecular flexibility index (Phi) is 5.48. The highest BCUT2D eigenvalue weighted by Crippen LogP contribution is 2.54. The minimum absolute atomic E-state index is 0.0775. The van der Waals surface area contributed by atoms with Crippen molar-refractivity contribution in [2.45, 2.75) is 32.6 Å². The summed E-state index contributed by atoms with van der Waals surface area (Å²) in [5.74, 6) is -4.23. The van der Waals surface area contributed by atoms with Crippen molar-refractivity contribution in [3.63, 3.8) is 0 Å². The Hall–Kier alpha value is -4.27. The number of hydrogen-bond donors (Lipinski definition) is 2. The van der Waals surface area contributed by atoms with Crippen LogP contribution in [-0.2, 0) is 30.4 Å². The van der Waals surface area contributed by atoms with E-state index in [0.29, 0.717) is 28.9 Å². The van der Waals surface area contributed by atoms with E-state index in [-0.39, 0.29) is 49.0 Å². The molecular weight excluding hydrogens is 490 g/mol. The number of phenolic OH excluding ortho intramolecular Hbond substituents is 1. The Morgan fingerprint density at radius 3 is 2.68 bits per heavy atom. The largest absolute Gasteiger partial charge is 0.508 e. The SMILES string of the molecule is CC1=CC(=O)C2=C(CC3C(=CCC4C(=O)N(CCC(=O)O)C(=O)C43)C2C2=COc3ccc(O)cc3C2)C1=O. The number of benzene rings is 1. The molecule has 3 aliphatic carbocycles. The van der Waals surface area contributed by atoms with Gasteiger partial charge in [0.15, 0.2) is 11.6 Å². The lowest BCUT2D eigenvalue weighted by atomic mass is 9.58. The summed E-state index contributed by atoms with van der Waals surface area (Å²) in [6.45, 7) is 1.39. The minimum atomic E-state index is -1.10. The highest BCUT2D eigenvalue weighted by Gasteiger charge is 2.56. The summed E-state index contributed by atoms with van der Waals surface area (Å²) in [4.78, 5) is 65.5.